The molecule has 0 aliphatic carbocycles. The van der Waals surface area contributed by atoms with Gasteiger partial charge in [0.15, 0.2) is 0 Å². The van der Waals surface area contributed by atoms with E-state index in [1.165, 1.54) is 10.6 Å². The first-order chi connectivity index (χ1) is 12.7. The zero-order valence-corrected chi connectivity index (χ0v) is 17.1. The van der Waals surface area contributed by atoms with Crippen LogP contribution in [0.2, 0.25) is 0 Å². The third kappa shape index (κ3) is 4.14. The number of benzene rings is 1. The normalized spacial score (nSPS) is 18.8. The molecule has 3 rings (SSSR count). The van der Waals surface area contributed by atoms with Gasteiger partial charge >= 0.3 is 0 Å². The average Bonchev–Trinajstić information content (AvgIpc) is 2.60. The van der Waals surface area contributed by atoms with E-state index in [0.29, 0.717) is 19.4 Å². The van der Waals surface area contributed by atoms with Crippen LogP contribution in [-0.2, 0) is 14.8 Å². The lowest BCUT2D eigenvalue weighted by atomic mass is 9.95. The highest BCUT2D eigenvalue weighted by Gasteiger charge is 2.31. The number of fused-ring (bicyclic) bond motifs is 1. The molecule has 1 aliphatic rings. The molecule has 6 nitrogen and oxygen atoms in total. The lowest BCUT2D eigenvalue weighted by molar-refractivity contribution is -0.120. The van der Waals surface area contributed by atoms with Crippen LogP contribution >= 0.6 is 0 Å². The van der Waals surface area contributed by atoms with Gasteiger partial charge in [0.25, 0.3) is 0 Å². The summed E-state index contributed by atoms with van der Waals surface area (Å²) >= 11 is 0. The zero-order chi connectivity index (χ0) is 19.8. The number of nitrogens with zero attached hydrogens (tertiary/aromatic N) is 2. The van der Waals surface area contributed by atoms with Gasteiger partial charge in [-0.3, -0.25) is 9.78 Å². The molecule has 2 heterocycles. The molecule has 2 aromatic rings. The lowest BCUT2D eigenvalue weighted by Crippen LogP contribution is -2.43. The van der Waals surface area contributed by atoms with Gasteiger partial charge in [0.1, 0.15) is 0 Å². The van der Waals surface area contributed by atoms with Gasteiger partial charge in [-0.1, -0.05) is 32.0 Å². The second kappa shape index (κ2) is 7.56. The molecule has 7 heteroatoms. The molecule has 1 saturated heterocycles. The van der Waals surface area contributed by atoms with E-state index in [2.05, 4.69) is 24.1 Å². The highest BCUT2D eigenvalue weighted by molar-refractivity contribution is 7.88. The van der Waals surface area contributed by atoms with Crippen LogP contribution in [0.1, 0.15) is 43.9 Å². The molecule has 0 radical (unpaired) electrons. The van der Waals surface area contributed by atoms with Crippen LogP contribution in [0.4, 0.5) is 5.69 Å². The Hall–Kier alpha value is -1.99. The van der Waals surface area contributed by atoms with Crippen molar-refractivity contribution in [1.82, 2.24) is 9.29 Å². The number of pyridine rings is 1. The van der Waals surface area contributed by atoms with Gasteiger partial charge in [-0.05, 0) is 31.7 Å². The van der Waals surface area contributed by atoms with Crippen molar-refractivity contribution in [2.45, 2.75) is 39.5 Å². The van der Waals surface area contributed by atoms with Crippen LogP contribution in [0, 0.1) is 12.8 Å². The summed E-state index contributed by atoms with van der Waals surface area (Å²) in [6.45, 7) is 6.85. The number of carbonyl (C=O) groups excluding carboxylic acids is 1. The quantitative estimate of drug-likeness (QED) is 0.870. The average molecular weight is 390 g/mol. The number of rotatable bonds is 4. The Bertz CT molecular complexity index is 970. The Morgan fingerprint density at radius 2 is 2.00 bits per heavy atom. The second-order valence-corrected chi connectivity index (χ2v) is 9.59. The van der Waals surface area contributed by atoms with Crippen LogP contribution in [-0.4, -0.2) is 43.0 Å². The predicted molar refractivity (Wildman–Crippen MR) is 108 cm³/mol. The van der Waals surface area contributed by atoms with E-state index in [4.69, 9.17) is 0 Å². The van der Waals surface area contributed by atoms with E-state index in [0.717, 1.165) is 27.8 Å². The maximum Gasteiger partial charge on any atom is 0.228 e. The van der Waals surface area contributed by atoms with Crippen LogP contribution in [0.5, 0.6) is 0 Å². The largest absolute Gasteiger partial charge is 0.325 e. The highest BCUT2D eigenvalue weighted by Crippen LogP contribution is 2.34. The summed E-state index contributed by atoms with van der Waals surface area (Å²) in [5.41, 5.74) is 3.57. The number of piperidine rings is 1. The van der Waals surface area contributed by atoms with Crippen LogP contribution in [0.3, 0.4) is 0 Å². The predicted octanol–water partition coefficient (Wildman–Crippen LogP) is 3.28. The maximum atomic E-state index is 13.0. The Morgan fingerprint density at radius 1 is 1.30 bits per heavy atom. The molecular weight excluding hydrogens is 362 g/mol. The Kier molecular flexibility index (Phi) is 5.53. The van der Waals surface area contributed by atoms with E-state index in [1.807, 2.05) is 31.2 Å². The van der Waals surface area contributed by atoms with Crippen molar-refractivity contribution in [3.8, 4) is 0 Å². The number of hydrogen-bond donors (Lipinski definition) is 1. The molecular formula is C20H27N3O3S. The van der Waals surface area contributed by atoms with Gasteiger partial charge in [0, 0.05) is 29.7 Å². The Balaban J connectivity index is 1.96. The molecule has 1 N–H and O–H groups in total. The first kappa shape index (κ1) is 19.8. The summed E-state index contributed by atoms with van der Waals surface area (Å²) in [5, 5.41) is 4.03. The van der Waals surface area contributed by atoms with E-state index in [1.54, 1.807) is 0 Å². The molecule has 1 unspecified atom stereocenters. The molecule has 0 saturated carbocycles. The zero-order valence-electron chi connectivity index (χ0n) is 16.3. The maximum absolute atomic E-state index is 13.0. The lowest BCUT2D eigenvalue weighted by Gasteiger charge is -2.30. The van der Waals surface area contributed by atoms with Crippen molar-refractivity contribution < 1.29 is 13.2 Å². The summed E-state index contributed by atoms with van der Waals surface area (Å²) in [6.07, 6.45) is 2.58. The van der Waals surface area contributed by atoms with Crippen molar-refractivity contribution in [2.24, 2.45) is 5.92 Å². The van der Waals surface area contributed by atoms with Crippen LogP contribution in [0.25, 0.3) is 10.9 Å². The third-order valence-electron chi connectivity index (χ3n) is 5.17. The smallest absolute Gasteiger partial charge is 0.228 e. The number of aromatic nitrogens is 1. The summed E-state index contributed by atoms with van der Waals surface area (Å²) in [4.78, 5) is 17.7. The Labute approximate surface area is 161 Å². The van der Waals surface area contributed by atoms with Crippen molar-refractivity contribution in [1.29, 1.82) is 0 Å². The fourth-order valence-electron chi connectivity index (χ4n) is 3.87. The number of aryl methyl sites for hydroxylation is 1. The third-order valence-corrected chi connectivity index (χ3v) is 6.44. The summed E-state index contributed by atoms with van der Waals surface area (Å²) in [6, 6.07) is 7.77. The SMILES string of the molecule is Cc1nc2ccccc2c(NC(=O)C2CCCN(S(C)(=O)=O)C2)c1C(C)C. The standard InChI is InChI=1S/C20H27N3O3S/c1-13(2)18-14(3)21-17-10-6-5-9-16(17)19(18)22-20(24)15-8-7-11-23(12-15)27(4,25)26/h5-6,9-10,13,15H,7-8,11-12H2,1-4H3,(H,21,22,24). The first-order valence-electron chi connectivity index (χ1n) is 9.33. The molecule has 1 atom stereocenters. The van der Waals surface area contributed by atoms with Gasteiger partial charge in [0.2, 0.25) is 15.9 Å². The number of hydrogen-bond acceptors (Lipinski definition) is 4. The topological polar surface area (TPSA) is 79.4 Å². The van der Waals surface area contributed by atoms with Crippen LogP contribution in [0.15, 0.2) is 24.3 Å². The highest BCUT2D eigenvalue weighted by atomic mass is 32.2. The van der Waals surface area contributed by atoms with Crippen molar-refractivity contribution in [2.75, 3.05) is 24.7 Å². The molecule has 0 bridgehead atoms. The molecule has 27 heavy (non-hydrogen) atoms. The summed E-state index contributed by atoms with van der Waals surface area (Å²) < 4.78 is 25.1. The van der Waals surface area contributed by atoms with Crippen molar-refractivity contribution in [3.05, 3.63) is 35.5 Å². The van der Waals surface area contributed by atoms with E-state index >= 15 is 0 Å². The number of nitrogens with one attached hydrogen (secondary N) is 1. The van der Waals surface area contributed by atoms with Gasteiger partial charge in [0.05, 0.1) is 23.4 Å². The minimum Gasteiger partial charge on any atom is -0.325 e. The first-order valence-corrected chi connectivity index (χ1v) is 11.2. The van der Waals surface area contributed by atoms with E-state index in [9.17, 15) is 13.2 Å². The van der Waals surface area contributed by atoms with Gasteiger partial charge in [-0.25, -0.2) is 12.7 Å². The molecule has 0 spiro atoms. The number of sulfonamides is 1. The number of para-hydroxylation sites is 1. The molecule has 146 valence electrons. The summed E-state index contributed by atoms with van der Waals surface area (Å²) in [5.74, 6) is -0.266. The van der Waals surface area contributed by atoms with Crippen molar-refractivity contribution in [3.63, 3.8) is 0 Å². The molecule has 1 fully saturated rings. The van der Waals surface area contributed by atoms with E-state index in [-0.39, 0.29) is 24.3 Å². The number of anilines is 1. The molecule has 1 aromatic carbocycles. The second-order valence-electron chi connectivity index (χ2n) is 7.61. The number of carbonyl (C=O) groups is 1. The molecule has 1 aliphatic heterocycles. The van der Waals surface area contributed by atoms with Gasteiger partial charge in [-0.2, -0.15) is 0 Å². The summed E-state index contributed by atoms with van der Waals surface area (Å²) in [7, 11) is -3.28. The van der Waals surface area contributed by atoms with Gasteiger partial charge < -0.3 is 5.32 Å². The minimum absolute atomic E-state index is 0.124. The van der Waals surface area contributed by atoms with Crippen molar-refractivity contribution >= 4 is 32.5 Å². The fraction of sp³-hybridized carbons (Fsp3) is 0.500. The molecule has 1 amide bonds. The number of amides is 1. The van der Waals surface area contributed by atoms with Gasteiger partial charge in [-0.15, -0.1) is 0 Å². The molecule has 1 aromatic heterocycles. The fourth-order valence-corrected chi connectivity index (χ4v) is 4.78. The van der Waals surface area contributed by atoms with Crippen LogP contribution < -0.4 is 5.32 Å². The minimum atomic E-state index is -3.28. The van der Waals surface area contributed by atoms with E-state index < -0.39 is 10.0 Å². The monoisotopic (exact) mass is 389 g/mol. The Morgan fingerprint density at radius 3 is 2.67 bits per heavy atom.